The molecule has 0 aromatic heterocycles. The van der Waals surface area contributed by atoms with Crippen molar-refractivity contribution in [1.29, 1.82) is 0 Å². The van der Waals surface area contributed by atoms with E-state index in [0.29, 0.717) is 39.3 Å². The lowest BCUT2D eigenvalue weighted by molar-refractivity contribution is -0.00938. The quantitative estimate of drug-likeness (QED) is 0.447. The van der Waals surface area contributed by atoms with Gasteiger partial charge in [0.2, 0.25) is 0 Å². The summed E-state index contributed by atoms with van der Waals surface area (Å²) in [6.07, 6.45) is 0.348. The molecule has 18 heavy (non-hydrogen) atoms. The van der Waals surface area contributed by atoms with Gasteiger partial charge in [0.05, 0.1) is 13.2 Å². The molecule has 0 bridgehead atoms. The smallest absolute Gasteiger partial charge is 0.431 e. The molecule has 0 saturated heterocycles. The molecule has 0 N–H and O–H groups in total. The minimum absolute atomic E-state index is 0.192. The second-order valence-electron chi connectivity index (χ2n) is 4.08. The molecule has 0 radical (unpaired) electrons. The molecule has 0 amide bonds. The van der Waals surface area contributed by atoms with E-state index in [1.54, 1.807) is 0 Å². The Morgan fingerprint density at radius 1 is 0.889 bits per heavy atom. The summed E-state index contributed by atoms with van der Waals surface area (Å²) in [5.74, 6) is 0. The third kappa shape index (κ3) is 10.4. The first-order valence-corrected chi connectivity index (χ1v) is 6.62. The lowest BCUT2D eigenvalue weighted by Crippen LogP contribution is -2.22. The topological polar surface area (TPSA) is 54.0 Å². The Morgan fingerprint density at radius 3 is 1.61 bits per heavy atom. The molecule has 0 fully saturated rings. The van der Waals surface area contributed by atoms with Crippen LogP contribution in [0.5, 0.6) is 0 Å². The van der Waals surface area contributed by atoms with Gasteiger partial charge in [-0.3, -0.25) is 0 Å². The molecular formula is C13H26O5. The average molecular weight is 262 g/mol. The van der Waals surface area contributed by atoms with Crippen molar-refractivity contribution in [3.8, 4) is 0 Å². The standard InChI is InChI=1S/C13H26O5/c1-5-15-9-7-11(3)17-13(14)18-12(4)8-10-16-6-2/h11-12H,5-10H2,1-4H3. The first-order chi connectivity index (χ1) is 8.60. The van der Waals surface area contributed by atoms with E-state index in [0.717, 1.165) is 0 Å². The van der Waals surface area contributed by atoms with E-state index < -0.39 is 6.16 Å². The average Bonchev–Trinajstić information content (AvgIpc) is 2.29. The van der Waals surface area contributed by atoms with E-state index in [1.165, 1.54) is 0 Å². The highest BCUT2D eigenvalue weighted by molar-refractivity contribution is 5.60. The molecule has 108 valence electrons. The molecule has 0 saturated carbocycles. The van der Waals surface area contributed by atoms with E-state index in [2.05, 4.69) is 0 Å². The fourth-order valence-corrected chi connectivity index (χ4v) is 1.26. The molecule has 0 rings (SSSR count). The molecule has 0 aliphatic rings. The van der Waals surface area contributed by atoms with Crippen LogP contribution in [0.2, 0.25) is 0 Å². The van der Waals surface area contributed by atoms with Crippen LogP contribution in [0.4, 0.5) is 4.79 Å². The van der Waals surface area contributed by atoms with Gasteiger partial charge in [0.1, 0.15) is 12.2 Å². The van der Waals surface area contributed by atoms with E-state index in [9.17, 15) is 4.79 Å². The van der Waals surface area contributed by atoms with Gasteiger partial charge in [-0.15, -0.1) is 0 Å². The minimum atomic E-state index is -0.622. The predicted octanol–water partition coefficient (Wildman–Crippen LogP) is 2.77. The zero-order chi connectivity index (χ0) is 13.8. The maximum absolute atomic E-state index is 11.4. The summed E-state index contributed by atoms with van der Waals surface area (Å²) in [7, 11) is 0. The second-order valence-corrected chi connectivity index (χ2v) is 4.08. The monoisotopic (exact) mass is 262 g/mol. The molecule has 5 heteroatoms. The van der Waals surface area contributed by atoms with Crippen molar-refractivity contribution >= 4 is 6.16 Å². The Balaban J connectivity index is 3.61. The van der Waals surface area contributed by atoms with Crippen LogP contribution in [-0.2, 0) is 18.9 Å². The third-order valence-corrected chi connectivity index (χ3v) is 2.34. The summed E-state index contributed by atoms with van der Waals surface area (Å²) in [5, 5.41) is 0. The first-order valence-electron chi connectivity index (χ1n) is 6.62. The number of hydrogen-bond acceptors (Lipinski definition) is 5. The summed E-state index contributed by atoms with van der Waals surface area (Å²) < 4.78 is 20.6. The highest BCUT2D eigenvalue weighted by Gasteiger charge is 2.14. The van der Waals surface area contributed by atoms with Gasteiger partial charge in [0.25, 0.3) is 0 Å². The van der Waals surface area contributed by atoms with Gasteiger partial charge in [0.15, 0.2) is 0 Å². The molecular weight excluding hydrogens is 236 g/mol. The molecule has 0 aliphatic carbocycles. The van der Waals surface area contributed by atoms with E-state index in [1.807, 2.05) is 27.7 Å². The maximum Gasteiger partial charge on any atom is 0.508 e. The van der Waals surface area contributed by atoms with Crippen LogP contribution in [0.15, 0.2) is 0 Å². The lowest BCUT2D eigenvalue weighted by atomic mass is 10.3. The number of hydrogen-bond donors (Lipinski definition) is 0. The van der Waals surface area contributed by atoms with Gasteiger partial charge in [-0.05, 0) is 27.7 Å². The molecule has 0 heterocycles. The third-order valence-electron chi connectivity index (χ3n) is 2.34. The van der Waals surface area contributed by atoms with Gasteiger partial charge in [-0.1, -0.05) is 0 Å². The maximum atomic E-state index is 11.4. The van der Waals surface area contributed by atoms with Crippen LogP contribution in [0.25, 0.3) is 0 Å². The Hall–Kier alpha value is -0.810. The number of rotatable bonds is 10. The summed E-state index contributed by atoms with van der Waals surface area (Å²) >= 11 is 0. The Kier molecular flexibility index (Phi) is 10.8. The molecule has 0 aromatic rings. The molecule has 0 aliphatic heterocycles. The summed E-state index contributed by atoms with van der Waals surface area (Å²) in [6.45, 7) is 10.0. The minimum Gasteiger partial charge on any atom is -0.431 e. The van der Waals surface area contributed by atoms with Crippen molar-refractivity contribution in [1.82, 2.24) is 0 Å². The SMILES string of the molecule is CCOCCC(C)OC(=O)OC(C)CCOCC. The Morgan fingerprint density at radius 2 is 1.28 bits per heavy atom. The molecule has 2 unspecified atom stereocenters. The lowest BCUT2D eigenvalue weighted by Gasteiger charge is -2.16. The highest BCUT2D eigenvalue weighted by Crippen LogP contribution is 2.04. The Bertz CT molecular complexity index is 188. The van der Waals surface area contributed by atoms with Crippen molar-refractivity contribution in [2.24, 2.45) is 0 Å². The van der Waals surface area contributed by atoms with Crippen LogP contribution < -0.4 is 0 Å². The summed E-state index contributed by atoms with van der Waals surface area (Å²) in [6, 6.07) is 0. The van der Waals surface area contributed by atoms with E-state index >= 15 is 0 Å². The first kappa shape index (κ1) is 17.2. The van der Waals surface area contributed by atoms with Crippen LogP contribution >= 0.6 is 0 Å². The van der Waals surface area contributed by atoms with Crippen LogP contribution in [-0.4, -0.2) is 44.8 Å². The molecule has 0 spiro atoms. The van der Waals surface area contributed by atoms with E-state index in [-0.39, 0.29) is 12.2 Å². The largest absolute Gasteiger partial charge is 0.508 e. The number of ether oxygens (including phenoxy) is 4. The fourth-order valence-electron chi connectivity index (χ4n) is 1.26. The molecule has 2 atom stereocenters. The Labute approximate surface area is 110 Å². The molecule has 0 aromatic carbocycles. The van der Waals surface area contributed by atoms with Gasteiger partial charge in [0, 0.05) is 26.1 Å². The zero-order valence-electron chi connectivity index (χ0n) is 11.9. The van der Waals surface area contributed by atoms with Gasteiger partial charge >= 0.3 is 6.16 Å². The van der Waals surface area contributed by atoms with Crippen LogP contribution in [0.1, 0.15) is 40.5 Å². The van der Waals surface area contributed by atoms with Crippen LogP contribution in [0, 0.1) is 0 Å². The van der Waals surface area contributed by atoms with Crippen molar-refractivity contribution in [3.05, 3.63) is 0 Å². The fraction of sp³-hybridized carbons (Fsp3) is 0.923. The van der Waals surface area contributed by atoms with Crippen molar-refractivity contribution in [3.63, 3.8) is 0 Å². The van der Waals surface area contributed by atoms with Crippen molar-refractivity contribution < 1.29 is 23.7 Å². The molecule has 5 nitrogen and oxygen atoms in total. The number of carbonyl (C=O) groups is 1. The summed E-state index contributed by atoms with van der Waals surface area (Å²) in [4.78, 5) is 11.4. The zero-order valence-corrected chi connectivity index (χ0v) is 11.9. The van der Waals surface area contributed by atoms with Gasteiger partial charge in [-0.2, -0.15) is 0 Å². The van der Waals surface area contributed by atoms with E-state index in [4.69, 9.17) is 18.9 Å². The van der Waals surface area contributed by atoms with Gasteiger partial charge in [-0.25, -0.2) is 4.79 Å². The second kappa shape index (κ2) is 11.3. The van der Waals surface area contributed by atoms with Crippen molar-refractivity contribution in [2.75, 3.05) is 26.4 Å². The van der Waals surface area contributed by atoms with Crippen LogP contribution in [0.3, 0.4) is 0 Å². The summed E-state index contributed by atoms with van der Waals surface area (Å²) in [5.41, 5.74) is 0. The van der Waals surface area contributed by atoms with Gasteiger partial charge < -0.3 is 18.9 Å². The number of carbonyl (C=O) groups excluding carboxylic acids is 1. The predicted molar refractivity (Wildman–Crippen MR) is 68.7 cm³/mol. The van der Waals surface area contributed by atoms with Crippen molar-refractivity contribution in [2.45, 2.75) is 52.7 Å². The highest BCUT2D eigenvalue weighted by atomic mass is 16.7. The normalized spacial score (nSPS) is 14.0.